The second kappa shape index (κ2) is 18.0. The Balaban J connectivity index is 0.000000331. The van der Waals surface area contributed by atoms with E-state index in [2.05, 4.69) is 95.2 Å². The minimum Gasteiger partial charge on any atom is -0.496 e. The van der Waals surface area contributed by atoms with Crippen molar-refractivity contribution in [2.75, 3.05) is 28.4 Å². The van der Waals surface area contributed by atoms with Gasteiger partial charge in [0.05, 0.1) is 43.4 Å². The van der Waals surface area contributed by atoms with Crippen molar-refractivity contribution in [3.63, 3.8) is 0 Å². The Morgan fingerprint density at radius 1 is 0.585 bits per heavy atom. The molecule has 0 fully saturated rings. The molecule has 0 amide bonds. The predicted octanol–water partition coefficient (Wildman–Crippen LogP) is 7.33. The van der Waals surface area contributed by atoms with E-state index in [0.29, 0.717) is 0 Å². The first kappa shape index (κ1) is 43.6. The molecule has 0 aliphatic rings. The van der Waals surface area contributed by atoms with E-state index >= 15 is 0 Å². The highest BCUT2D eigenvalue weighted by Gasteiger charge is 2.83. The lowest BCUT2D eigenvalue weighted by molar-refractivity contribution is -0.247. The summed E-state index contributed by atoms with van der Waals surface area (Å²) in [5.74, 6) is -8.51. The lowest BCUT2D eigenvalue weighted by Gasteiger charge is -2.30. The van der Waals surface area contributed by atoms with Gasteiger partial charge in [0.1, 0.15) is 5.75 Å². The summed E-state index contributed by atoms with van der Waals surface area (Å²) in [6, 6.07) is 33.2. The molecular formula is C34H35F6O10S3+. The summed E-state index contributed by atoms with van der Waals surface area (Å²) in [5.41, 5.74) is -0.605. The number of methoxy groups -OCH3 is 4. The van der Waals surface area contributed by atoms with Crippen molar-refractivity contribution in [2.45, 2.75) is 50.9 Å². The zero-order valence-electron chi connectivity index (χ0n) is 28.5. The summed E-state index contributed by atoms with van der Waals surface area (Å²) < 4.78 is 161. The largest absolute Gasteiger partial charge is 0.496 e. The number of rotatable bonds is 16. The molecule has 53 heavy (non-hydrogen) atoms. The van der Waals surface area contributed by atoms with Crippen LogP contribution in [-0.2, 0) is 65.2 Å². The molecule has 4 aromatic rings. The van der Waals surface area contributed by atoms with Crippen molar-refractivity contribution in [2.24, 2.45) is 0 Å². The molecule has 0 unspecified atom stereocenters. The minimum absolute atomic E-state index is 0.0146. The van der Waals surface area contributed by atoms with Gasteiger partial charge in [-0.1, -0.05) is 54.6 Å². The fourth-order valence-electron chi connectivity index (χ4n) is 4.72. The second-order valence-corrected chi connectivity index (χ2v) is 15.8. The van der Waals surface area contributed by atoms with E-state index in [9.17, 15) is 43.2 Å². The van der Waals surface area contributed by atoms with Crippen LogP contribution in [0.5, 0.6) is 11.5 Å². The highest BCUT2D eigenvalue weighted by Crippen LogP contribution is 2.51. The highest BCUT2D eigenvalue weighted by atomic mass is 32.2. The van der Waals surface area contributed by atoms with Crippen LogP contribution in [-0.4, -0.2) is 66.3 Å². The summed E-state index contributed by atoms with van der Waals surface area (Å²) in [4.78, 5) is 4.08. The SMILES string of the molecule is COCc1cc(COC)c(OS(=O)(=O)C(F)(F)C(F)(F)C(F)(F)S(=O)(=O)O)c(COC)c1OC.c1ccc([S+](c2ccccc2)c2ccccc2)cc1. The number of hydrogen-bond acceptors (Lipinski definition) is 9. The third kappa shape index (κ3) is 9.45. The summed E-state index contributed by atoms with van der Waals surface area (Å²) in [6.45, 7) is -1.37. The summed E-state index contributed by atoms with van der Waals surface area (Å²) in [7, 11) is -9.80. The van der Waals surface area contributed by atoms with E-state index in [1.165, 1.54) is 21.8 Å². The molecule has 0 saturated carbocycles. The van der Waals surface area contributed by atoms with Gasteiger partial charge in [-0.05, 0) is 42.5 Å². The molecule has 0 radical (unpaired) electrons. The van der Waals surface area contributed by atoms with Crippen LogP contribution in [0.1, 0.15) is 16.7 Å². The minimum atomic E-state index is -7.19. The van der Waals surface area contributed by atoms with Gasteiger partial charge in [-0.15, -0.1) is 0 Å². The molecule has 10 nitrogen and oxygen atoms in total. The highest BCUT2D eigenvalue weighted by molar-refractivity contribution is 7.97. The van der Waals surface area contributed by atoms with E-state index in [0.717, 1.165) is 27.4 Å². The van der Waals surface area contributed by atoms with Gasteiger partial charge in [-0.3, -0.25) is 4.55 Å². The molecule has 0 aliphatic heterocycles. The summed E-state index contributed by atoms with van der Waals surface area (Å²) in [5, 5.41) is -13.8. The molecule has 4 rings (SSSR count). The molecule has 0 aliphatic carbocycles. The van der Waals surface area contributed by atoms with Crippen LogP contribution in [0, 0.1) is 0 Å². The van der Waals surface area contributed by atoms with Gasteiger partial charge in [-0.2, -0.15) is 43.2 Å². The van der Waals surface area contributed by atoms with E-state index in [-0.39, 0.29) is 34.4 Å². The second-order valence-electron chi connectivity index (χ2n) is 10.7. The van der Waals surface area contributed by atoms with Crippen LogP contribution < -0.4 is 8.92 Å². The maximum atomic E-state index is 14.3. The fraction of sp³-hybridized carbons (Fsp3) is 0.294. The number of alkyl halides is 6. The Labute approximate surface area is 305 Å². The van der Waals surface area contributed by atoms with Crippen LogP contribution in [0.25, 0.3) is 0 Å². The first-order valence-electron chi connectivity index (χ1n) is 14.9. The van der Waals surface area contributed by atoms with Crippen LogP contribution in [0.4, 0.5) is 26.3 Å². The van der Waals surface area contributed by atoms with Crippen molar-refractivity contribution in [3.8, 4) is 11.5 Å². The van der Waals surface area contributed by atoms with E-state index in [4.69, 9.17) is 23.5 Å². The van der Waals surface area contributed by atoms with Crippen LogP contribution >= 0.6 is 0 Å². The summed E-state index contributed by atoms with van der Waals surface area (Å²) in [6.07, 6.45) is 0. The molecule has 19 heteroatoms. The van der Waals surface area contributed by atoms with Crippen LogP contribution in [0.3, 0.4) is 0 Å². The molecule has 4 aromatic carbocycles. The number of benzene rings is 4. The average Bonchev–Trinajstić information content (AvgIpc) is 3.11. The molecule has 290 valence electrons. The first-order valence-corrected chi connectivity index (χ1v) is 19.0. The molecule has 1 N–H and O–H groups in total. The standard InChI is InChI=1S/C18H15S.C16H20F6O10S2/c1-4-10-16(11-5-1)19(17-12-6-2-7-13-17)18-14-8-3-9-15-18;1-28-6-9-5-10(7-29-2)13(11(8-30-3)12(9)31-4)32-34(26,27)16(21,22)14(17,18)15(19,20)33(23,24)25/h1-15H;5H,6-8H2,1-4H3,(H,23,24,25)/q+1;. The zero-order chi connectivity index (χ0) is 39.7. The lowest BCUT2D eigenvalue weighted by atomic mass is 10.0. The van der Waals surface area contributed by atoms with Crippen molar-refractivity contribution in [3.05, 3.63) is 114 Å². The van der Waals surface area contributed by atoms with E-state index in [1.54, 1.807) is 0 Å². The van der Waals surface area contributed by atoms with Gasteiger partial charge in [0.25, 0.3) is 0 Å². The zero-order valence-corrected chi connectivity index (χ0v) is 30.9. The van der Waals surface area contributed by atoms with Crippen molar-refractivity contribution in [1.82, 2.24) is 0 Å². The molecule has 0 spiro atoms. The van der Waals surface area contributed by atoms with Gasteiger partial charge in [0, 0.05) is 32.5 Å². The first-order chi connectivity index (χ1) is 24.8. The number of halogens is 6. The quantitative estimate of drug-likeness (QED) is 0.0531. The summed E-state index contributed by atoms with van der Waals surface area (Å²) >= 11 is 0. The van der Waals surface area contributed by atoms with Gasteiger partial charge in [0.2, 0.25) is 0 Å². The average molecular weight is 814 g/mol. The maximum absolute atomic E-state index is 14.3. The lowest BCUT2D eigenvalue weighted by Crippen LogP contribution is -2.61. The van der Waals surface area contributed by atoms with E-state index in [1.807, 2.05) is 0 Å². The maximum Gasteiger partial charge on any atom is 0.450 e. The smallest absolute Gasteiger partial charge is 0.450 e. The van der Waals surface area contributed by atoms with Crippen LogP contribution in [0.15, 0.2) is 112 Å². The monoisotopic (exact) mass is 813 g/mol. The Morgan fingerprint density at radius 2 is 0.962 bits per heavy atom. The molecule has 0 saturated heterocycles. The van der Waals surface area contributed by atoms with Gasteiger partial charge >= 0.3 is 36.7 Å². The number of ether oxygens (including phenoxy) is 4. The number of hydrogen-bond donors (Lipinski definition) is 1. The van der Waals surface area contributed by atoms with Gasteiger partial charge in [0.15, 0.2) is 20.4 Å². The Kier molecular flexibility index (Phi) is 14.8. The predicted molar refractivity (Wildman–Crippen MR) is 183 cm³/mol. The Bertz CT molecular complexity index is 1910. The van der Waals surface area contributed by atoms with Gasteiger partial charge in [-0.25, -0.2) is 0 Å². The van der Waals surface area contributed by atoms with Crippen molar-refractivity contribution >= 4 is 31.1 Å². The topological polar surface area (TPSA) is 135 Å². The van der Waals surface area contributed by atoms with Gasteiger partial charge < -0.3 is 23.1 Å². The fourth-order valence-corrected chi connectivity index (χ4v) is 8.31. The Hall–Kier alpha value is -3.85. The van der Waals surface area contributed by atoms with E-state index < -0.39 is 61.2 Å². The molecule has 0 bridgehead atoms. The Morgan fingerprint density at radius 3 is 1.30 bits per heavy atom. The van der Waals surface area contributed by atoms with Crippen molar-refractivity contribution < 1.29 is 70.9 Å². The molecular weight excluding hydrogens is 779 g/mol. The van der Waals surface area contributed by atoms with Crippen molar-refractivity contribution in [1.29, 1.82) is 0 Å². The molecule has 0 aromatic heterocycles. The molecule has 0 atom stereocenters. The molecule has 0 heterocycles. The van der Waals surface area contributed by atoms with Crippen LogP contribution in [0.2, 0.25) is 0 Å². The third-order valence-electron chi connectivity index (χ3n) is 7.07. The third-order valence-corrected chi connectivity index (χ3v) is 11.5. The normalized spacial score (nSPS) is 12.6.